The number of nitrogens with two attached hydrogens (primary N) is 1. The molecule has 112 valence electrons. The van der Waals surface area contributed by atoms with Gasteiger partial charge in [0, 0.05) is 6.61 Å². The van der Waals surface area contributed by atoms with Gasteiger partial charge in [-0.2, -0.15) is 24.7 Å². The van der Waals surface area contributed by atoms with E-state index in [1.54, 1.807) is 0 Å². The Bertz CT molecular complexity index is 616. The van der Waals surface area contributed by atoms with Crippen molar-refractivity contribution >= 4 is 11.9 Å². The second kappa shape index (κ2) is 5.22. The summed E-state index contributed by atoms with van der Waals surface area (Å²) in [5.74, 6) is 6.39. The fraction of sp³-hybridized carbons (Fsp3) is 0.545. The number of nitrogens with zero attached hydrogens (tertiary/aromatic N) is 6. The van der Waals surface area contributed by atoms with Crippen molar-refractivity contribution < 1.29 is 4.74 Å². The molecule has 3 heterocycles. The highest BCUT2D eigenvalue weighted by molar-refractivity contribution is 5.39. The van der Waals surface area contributed by atoms with E-state index in [-0.39, 0.29) is 17.6 Å². The molecule has 1 saturated heterocycles. The predicted molar refractivity (Wildman–Crippen MR) is 74.6 cm³/mol. The molecule has 2 atom stereocenters. The largest absolute Gasteiger partial charge is 0.376 e. The summed E-state index contributed by atoms with van der Waals surface area (Å²) < 4.78 is 7.03. The van der Waals surface area contributed by atoms with Gasteiger partial charge in [0.15, 0.2) is 0 Å². The fourth-order valence-corrected chi connectivity index (χ4v) is 2.15. The van der Waals surface area contributed by atoms with Gasteiger partial charge in [0.2, 0.25) is 11.9 Å². The summed E-state index contributed by atoms with van der Waals surface area (Å²) in [6, 6.07) is 0. The molecule has 0 saturated carbocycles. The molecule has 0 amide bonds. The summed E-state index contributed by atoms with van der Waals surface area (Å²) in [5.41, 5.74) is 2.18. The lowest BCUT2D eigenvalue weighted by atomic mass is 9.95. The first-order chi connectivity index (χ1) is 10.1. The molecule has 0 bridgehead atoms. The zero-order valence-corrected chi connectivity index (χ0v) is 11.8. The molecule has 1 fully saturated rings. The highest BCUT2D eigenvalue weighted by Crippen LogP contribution is 2.28. The molecule has 4 N–H and O–H groups in total. The Hall–Kier alpha value is -2.33. The lowest BCUT2D eigenvalue weighted by Gasteiger charge is -2.28. The first-order valence-electron chi connectivity index (χ1n) is 6.58. The molecule has 0 spiro atoms. The summed E-state index contributed by atoms with van der Waals surface area (Å²) >= 11 is 0. The van der Waals surface area contributed by atoms with Crippen molar-refractivity contribution in [2.45, 2.75) is 31.9 Å². The Morgan fingerprint density at radius 1 is 1.38 bits per heavy atom. The zero-order valence-electron chi connectivity index (χ0n) is 11.8. The van der Waals surface area contributed by atoms with Crippen molar-refractivity contribution in [2.75, 3.05) is 17.3 Å². The average molecular weight is 291 g/mol. The molecular weight excluding hydrogens is 274 g/mol. The van der Waals surface area contributed by atoms with Crippen LogP contribution >= 0.6 is 0 Å². The molecule has 3 rings (SSSR count). The van der Waals surface area contributed by atoms with Crippen molar-refractivity contribution in [3.63, 3.8) is 0 Å². The van der Waals surface area contributed by atoms with Gasteiger partial charge in [0.1, 0.15) is 12.7 Å². The van der Waals surface area contributed by atoms with Crippen molar-refractivity contribution in [1.82, 2.24) is 29.7 Å². The van der Waals surface area contributed by atoms with Crippen molar-refractivity contribution in [2.24, 2.45) is 5.84 Å². The number of rotatable bonds is 4. The number of nitrogen functional groups attached to an aromatic ring is 1. The Morgan fingerprint density at radius 2 is 2.19 bits per heavy atom. The summed E-state index contributed by atoms with van der Waals surface area (Å²) in [5, 5.41) is 7.30. The van der Waals surface area contributed by atoms with Crippen LogP contribution < -0.4 is 16.6 Å². The molecule has 0 aromatic carbocycles. The molecule has 0 radical (unpaired) electrons. The molecule has 1 aliphatic rings. The van der Waals surface area contributed by atoms with Gasteiger partial charge in [-0.25, -0.2) is 10.8 Å². The van der Waals surface area contributed by atoms with E-state index in [0.29, 0.717) is 18.5 Å². The lowest BCUT2D eigenvalue weighted by molar-refractivity contribution is 0.105. The normalized spacial score (nSPS) is 25.0. The van der Waals surface area contributed by atoms with Gasteiger partial charge in [-0.1, -0.05) is 0 Å². The van der Waals surface area contributed by atoms with E-state index in [1.165, 1.54) is 17.3 Å². The third kappa shape index (κ3) is 2.62. The van der Waals surface area contributed by atoms with E-state index in [2.05, 4.69) is 42.7 Å². The predicted octanol–water partition coefficient (Wildman–Crippen LogP) is -0.283. The third-order valence-corrected chi connectivity index (χ3v) is 3.66. The number of ether oxygens (including phenoxy) is 1. The van der Waals surface area contributed by atoms with Crippen molar-refractivity contribution in [1.29, 1.82) is 0 Å². The van der Waals surface area contributed by atoms with Crippen LogP contribution in [0.25, 0.3) is 5.95 Å². The van der Waals surface area contributed by atoms with E-state index in [4.69, 9.17) is 10.6 Å². The van der Waals surface area contributed by atoms with Crippen molar-refractivity contribution in [3.8, 4) is 5.95 Å². The summed E-state index contributed by atoms with van der Waals surface area (Å²) in [7, 11) is 0. The number of hydrogen-bond acceptors (Lipinski definition) is 9. The number of nitrogens with one attached hydrogen (secondary N) is 2. The van der Waals surface area contributed by atoms with Gasteiger partial charge >= 0.3 is 0 Å². The first kappa shape index (κ1) is 13.6. The maximum Gasteiger partial charge on any atom is 0.258 e. The van der Waals surface area contributed by atoms with E-state index in [1.807, 2.05) is 6.92 Å². The van der Waals surface area contributed by atoms with Gasteiger partial charge in [-0.05, 0) is 20.3 Å². The van der Waals surface area contributed by atoms with Gasteiger partial charge < -0.3 is 10.1 Å². The topological polar surface area (TPSA) is 129 Å². The zero-order chi connectivity index (χ0) is 14.9. The van der Waals surface area contributed by atoms with Crippen molar-refractivity contribution in [3.05, 3.63) is 12.7 Å². The number of aromatic nitrogens is 6. The minimum Gasteiger partial charge on any atom is -0.376 e. The van der Waals surface area contributed by atoms with E-state index < -0.39 is 0 Å². The summed E-state index contributed by atoms with van der Waals surface area (Å²) in [6.07, 6.45) is 3.82. The van der Waals surface area contributed by atoms with Gasteiger partial charge in [0.25, 0.3) is 5.95 Å². The first-order valence-corrected chi connectivity index (χ1v) is 6.58. The highest BCUT2D eigenvalue weighted by atomic mass is 16.5. The smallest absolute Gasteiger partial charge is 0.258 e. The van der Waals surface area contributed by atoms with Gasteiger partial charge in [-0.15, -0.1) is 0 Å². The Morgan fingerprint density at radius 3 is 2.81 bits per heavy atom. The SMILES string of the molecule is CC1OCCC1(C)Nc1nc(NN)nc(-n2cncn2)n1. The second-order valence-electron chi connectivity index (χ2n) is 5.07. The summed E-state index contributed by atoms with van der Waals surface area (Å²) in [4.78, 5) is 16.6. The molecular formula is C11H17N9O. The van der Waals surface area contributed by atoms with Crippen LogP contribution in [0, 0.1) is 0 Å². The van der Waals surface area contributed by atoms with Crippen LogP contribution in [-0.2, 0) is 4.74 Å². The van der Waals surface area contributed by atoms with Crippen LogP contribution in [0.2, 0.25) is 0 Å². The van der Waals surface area contributed by atoms with E-state index in [9.17, 15) is 0 Å². The molecule has 10 nitrogen and oxygen atoms in total. The minimum atomic E-state index is -0.243. The maximum absolute atomic E-state index is 5.60. The van der Waals surface area contributed by atoms with Crippen LogP contribution in [0.5, 0.6) is 0 Å². The monoisotopic (exact) mass is 291 g/mol. The quantitative estimate of drug-likeness (QED) is 0.514. The number of hydrazine groups is 1. The van der Waals surface area contributed by atoms with Crippen LogP contribution in [0.3, 0.4) is 0 Å². The van der Waals surface area contributed by atoms with Gasteiger partial charge in [-0.3, -0.25) is 5.43 Å². The third-order valence-electron chi connectivity index (χ3n) is 3.66. The van der Waals surface area contributed by atoms with Crippen LogP contribution in [0.1, 0.15) is 20.3 Å². The minimum absolute atomic E-state index is 0.0540. The fourth-order valence-electron chi connectivity index (χ4n) is 2.15. The molecule has 2 aromatic rings. The standard InChI is InChI=1S/C11H17N9O/c1-7-11(2,3-4-21-7)18-8-15-9(19-12)17-10(16-8)20-6-13-5-14-20/h5-7H,3-4,12H2,1-2H3,(H2,15,16,17,18,19). The average Bonchev–Trinajstić information content (AvgIpc) is 3.10. The second-order valence-corrected chi connectivity index (χ2v) is 5.07. The molecule has 2 aromatic heterocycles. The molecule has 21 heavy (non-hydrogen) atoms. The maximum atomic E-state index is 5.60. The summed E-state index contributed by atoms with van der Waals surface area (Å²) in [6.45, 7) is 4.79. The van der Waals surface area contributed by atoms with Gasteiger partial charge in [0.05, 0.1) is 11.6 Å². The molecule has 10 heteroatoms. The molecule has 1 aliphatic heterocycles. The lowest BCUT2D eigenvalue weighted by Crippen LogP contribution is -2.42. The Balaban J connectivity index is 1.93. The van der Waals surface area contributed by atoms with E-state index >= 15 is 0 Å². The Labute approximate surface area is 121 Å². The highest BCUT2D eigenvalue weighted by Gasteiger charge is 2.37. The number of hydrogen-bond donors (Lipinski definition) is 3. The molecule has 2 unspecified atom stereocenters. The van der Waals surface area contributed by atoms with Crippen LogP contribution in [0.15, 0.2) is 12.7 Å². The number of anilines is 2. The Kier molecular flexibility index (Phi) is 3.39. The van der Waals surface area contributed by atoms with Crippen LogP contribution in [-0.4, -0.2) is 48.0 Å². The van der Waals surface area contributed by atoms with Crippen LogP contribution in [0.4, 0.5) is 11.9 Å². The van der Waals surface area contributed by atoms with E-state index in [0.717, 1.165) is 6.42 Å². The molecule has 0 aliphatic carbocycles.